The SMILES string of the molecule is COc1ccc(C2=C(Nc3cccc(F)c3)C(=O)N(c3cc(F)ccc3F)C2=O)cc1. The van der Waals surface area contributed by atoms with Crippen LogP contribution in [0.4, 0.5) is 24.5 Å². The Morgan fingerprint density at radius 3 is 2.23 bits per heavy atom. The first-order valence-electron chi connectivity index (χ1n) is 9.14. The number of rotatable bonds is 5. The Hall–Kier alpha value is -4.07. The summed E-state index contributed by atoms with van der Waals surface area (Å²) in [6, 6.07) is 14.1. The summed E-state index contributed by atoms with van der Waals surface area (Å²) in [5.41, 5.74) is -0.219. The Bertz CT molecular complexity index is 1220. The molecule has 0 bridgehead atoms. The molecule has 31 heavy (non-hydrogen) atoms. The molecule has 4 rings (SSSR count). The van der Waals surface area contributed by atoms with Crippen LogP contribution in [0, 0.1) is 17.5 Å². The second-order valence-corrected chi connectivity index (χ2v) is 6.66. The van der Waals surface area contributed by atoms with Crippen LogP contribution in [-0.4, -0.2) is 18.9 Å². The van der Waals surface area contributed by atoms with E-state index in [1.165, 1.54) is 25.3 Å². The number of nitrogens with zero attached hydrogens (tertiary/aromatic N) is 1. The lowest BCUT2D eigenvalue weighted by atomic mass is 10.0. The van der Waals surface area contributed by atoms with E-state index in [0.29, 0.717) is 16.2 Å². The molecule has 1 N–H and O–H groups in total. The maximum Gasteiger partial charge on any atom is 0.282 e. The molecule has 0 fully saturated rings. The van der Waals surface area contributed by atoms with Gasteiger partial charge in [-0.2, -0.15) is 0 Å². The van der Waals surface area contributed by atoms with Crippen LogP contribution in [0.3, 0.4) is 0 Å². The first kappa shape index (κ1) is 20.2. The van der Waals surface area contributed by atoms with E-state index in [0.717, 1.165) is 24.3 Å². The van der Waals surface area contributed by atoms with Crippen molar-refractivity contribution in [3.8, 4) is 5.75 Å². The van der Waals surface area contributed by atoms with Crippen molar-refractivity contribution in [3.63, 3.8) is 0 Å². The zero-order valence-corrected chi connectivity index (χ0v) is 16.2. The van der Waals surface area contributed by atoms with Gasteiger partial charge in [-0.05, 0) is 48.0 Å². The molecule has 156 valence electrons. The molecule has 5 nitrogen and oxygen atoms in total. The molecule has 0 atom stereocenters. The molecule has 8 heteroatoms. The third-order valence-electron chi connectivity index (χ3n) is 4.71. The molecule has 3 aromatic carbocycles. The Balaban J connectivity index is 1.85. The highest BCUT2D eigenvalue weighted by Gasteiger charge is 2.41. The smallest absolute Gasteiger partial charge is 0.282 e. The Morgan fingerprint density at radius 1 is 0.839 bits per heavy atom. The molecule has 0 aliphatic carbocycles. The molecule has 0 spiro atoms. The van der Waals surface area contributed by atoms with Crippen LogP contribution in [0.15, 0.2) is 72.4 Å². The van der Waals surface area contributed by atoms with Crippen molar-refractivity contribution >= 4 is 28.8 Å². The van der Waals surface area contributed by atoms with Crippen LogP contribution in [0.25, 0.3) is 5.57 Å². The number of ether oxygens (including phenoxy) is 1. The van der Waals surface area contributed by atoms with Crippen molar-refractivity contribution in [3.05, 3.63) is 95.4 Å². The molecule has 0 aromatic heterocycles. The van der Waals surface area contributed by atoms with E-state index in [9.17, 15) is 22.8 Å². The standard InChI is InChI=1S/C23H15F3N2O3/c1-31-17-8-5-13(6-9-17)20-21(27-16-4-2-3-14(24)11-16)23(30)28(22(20)29)19-12-15(25)7-10-18(19)26/h2-12,27H,1H3. The third-order valence-corrected chi connectivity index (χ3v) is 4.71. The quantitative estimate of drug-likeness (QED) is 0.613. The highest BCUT2D eigenvalue weighted by Crippen LogP contribution is 2.35. The minimum absolute atomic E-state index is 0.0689. The van der Waals surface area contributed by atoms with Gasteiger partial charge in [0.15, 0.2) is 0 Å². The number of amides is 2. The first-order valence-corrected chi connectivity index (χ1v) is 9.14. The van der Waals surface area contributed by atoms with Crippen LogP contribution in [0.2, 0.25) is 0 Å². The van der Waals surface area contributed by atoms with Gasteiger partial charge in [-0.15, -0.1) is 0 Å². The highest BCUT2D eigenvalue weighted by atomic mass is 19.1. The van der Waals surface area contributed by atoms with Crippen molar-refractivity contribution in [1.82, 2.24) is 0 Å². The number of carbonyl (C=O) groups is 2. The predicted octanol–water partition coefficient (Wildman–Crippen LogP) is 4.51. The average Bonchev–Trinajstić information content (AvgIpc) is 2.99. The Kier molecular flexibility index (Phi) is 5.21. The van der Waals surface area contributed by atoms with Crippen molar-refractivity contribution in [2.75, 3.05) is 17.3 Å². The summed E-state index contributed by atoms with van der Waals surface area (Å²) in [6.45, 7) is 0. The normalized spacial score (nSPS) is 13.7. The Morgan fingerprint density at radius 2 is 1.55 bits per heavy atom. The van der Waals surface area contributed by atoms with Crippen molar-refractivity contribution in [1.29, 1.82) is 0 Å². The highest BCUT2D eigenvalue weighted by molar-refractivity contribution is 6.46. The van der Waals surface area contributed by atoms with Gasteiger partial charge in [0.2, 0.25) is 0 Å². The molecule has 0 radical (unpaired) electrons. The molecule has 0 saturated carbocycles. The van der Waals surface area contributed by atoms with Gasteiger partial charge in [0.25, 0.3) is 11.8 Å². The summed E-state index contributed by atoms with van der Waals surface area (Å²) in [5, 5.41) is 2.75. The molecule has 1 aliphatic rings. The summed E-state index contributed by atoms with van der Waals surface area (Å²) < 4.78 is 46.9. The summed E-state index contributed by atoms with van der Waals surface area (Å²) >= 11 is 0. The predicted molar refractivity (Wildman–Crippen MR) is 109 cm³/mol. The van der Waals surface area contributed by atoms with E-state index >= 15 is 0 Å². The monoisotopic (exact) mass is 424 g/mol. The Labute approximate surface area is 175 Å². The molecule has 0 saturated heterocycles. The fourth-order valence-corrected chi connectivity index (χ4v) is 3.26. The van der Waals surface area contributed by atoms with Crippen molar-refractivity contribution in [2.24, 2.45) is 0 Å². The number of benzene rings is 3. The molecule has 0 unspecified atom stereocenters. The van der Waals surface area contributed by atoms with Gasteiger partial charge in [0.05, 0.1) is 18.4 Å². The number of imide groups is 1. The van der Waals surface area contributed by atoms with Gasteiger partial charge in [-0.3, -0.25) is 9.59 Å². The van der Waals surface area contributed by atoms with E-state index < -0.39 is 35.0 Å². The van der Waals surface area contributed by atoms with Gasteiger partial charge in [-0.1, -0.05) is 18.2 Å². The molecular formula is C23H15F3N2O3. The van der Waals surface area contributed by atoms with E-state index in [4.69, 9.17) is 4.74 Å². The van der Waals surface area contributed by atoms with Crippen LogP contribution in [-0.2, 0) is 9.59 Å². The van der Waals surface area contributed by atoms with Crippen LogP contribution in [0.1, 0.15) is 5.56 Å². The zero-order valence-electron chi connectivity index (χ0n) is 16.2. The van der Waals surface area contributed by atoms with Gasteiger partial charge < -0.3 is 10.1 Å². The molecular weight excluding hydrogens is 409 g/mol. The number of nitrogens with one attached hydrogen (secondary N) is 1. The van der Waals surface area contributed by atoms with Crippen LogP contribution in [0.5, 0.6) is 5.75 Å². The molecule has 1 aliphatic heterocycles. The second kappa shape index (κ2) is 7.98. The topological polar surface area (TPSA) is 58.6 Å². The van der Waals surface area contributed by atoms with E-state index in [1.54, 1.807) is 24.3 Å². The van der Waals surface area contributed by atoms with Crippen molar-refractivity contribution < 1.29 is 27.5 Å². The average molecular weight is 424 g/mol. The number of methoxy groups -OCH3 is 1. The van der Waals surface area contributed by atoms with Gasteiger partial charge in [0.1, 0.15) is 28.9 Å². The lowest BCUT2D eigenvalue weighted by Crippen LogP contribution is -2.33. The number of carbonyl (C=O) groups excluding carboxylic acids is 2. The van der Waals surface area contributed by atoms with E-state index in [1.807, 2.05) is 0 Å². The largest absolute Gasteiger partial charge is 0.497 e. The minimum atomic E-state index is -0.941. The van der Waals surface area contributed by atoms with Crippen molar-refractivity contribution in [2.45, 2.75) is 0 Å². The second-order valence-electron chi connectivity index (χ2n) is 6.66. The fourth-order valence-electron chi connectivity index (χ4n) is 3.26. The first-order chi connectivity index (χ1) is 14.9. The summed E-state index contributed by atoms with van der Waals surface area (Å²) in [7, 11) is 1.48. The molecule has 3 aromatic rings. The molecule has 2 amide bonds. The van der Waals surface area contributed by atoms with Gasteiger partial charge >= 0.3 is 0 Å². The number of hydrogen-bond acceptors (Lipinski definition) is 4. The number of hydrogen-bond donors (Lipinski definition) is 1. The lowest BCUT2D eigenvalue weighted by molar-refractivity contribution is -0.120. The van der Waals surface area contributed by atoms with Crippen LogP contribution < -0.4 is 15.0 Å². The summed E-state index contributed by atoms with van der Waals surface area (Å²) in [4.78, 5) is 26.9. The fraction of sp³-hybridized carbons (Fsp3) is 0.0435. The summed E-state index contributed by atoms with van der Waals surface area (Å²) in [6.07, 6.45) is 0. The maximum atomic E-state index is 14.4. The maximum absolute atomic E-state index is 14.4. The summed E-state index contributed by atoms with van der Waals surface area (Å²) in [5.74, 6) is -3.53. The number of halogens is 3. The minimum Gasteiger partial charge on any atom is -0.497 e. The zero-order chi connectivity index (χ0) is 22.1. The van der Waals surface area contributed by atoms with Gasteiger partial charge in [-0.25, -0.2) is 18.1 Å². The third kappa shape index (κ3) is 3.75. The van der Waals surface area contributed by atoms with Gasteiger partial charge in [0, 0.05) is 11.8 Å². The molecule has 1 heterocycles. The van der Waals surface area contributed by atoms with E-state index in [2.05, 4.69) is 5.32 Å². The lowest BCUT2D eigenvalue weighted by Gasteiger charge is -2.16. The van der Waals surface area contributed by atoms with Crippen LogP contribution >= 0.6 is 0 Å². The number of anilines is 2. The van der Waals surface area contributed by atoms with E-state index in [-0.39, 0.29) is 17.0 Å².